The van der Waals surface area contributed by atoms with Gasteiger partial charge in [0.15, 0.2) is 0 Å². The van der Waals surface area contributed by atoms with Crippen LogP contribution < -0.4 is 16.0 Å². The van der Waals surface area contributed by atoms with Crippen molar-refractivity contribution in [1.29, 1.82) is 0 Å². The molecular weight excluding hydrogens is 348 g/mol. The number of benzene rings is 1. The Morgan fingerprint density at radius 1 is 1.29 bits per heavy atom. The highest BCUT2D eigenvalue weighted by atomic mass is 16.1. The molecule has 4 rings (SSSR count). The highest BCUT2D eigenvalue weighted by Gasteiger charge is 2.54. The molecule has 1 unspecified atom stereocenters. The van der Waals surface area contributed by atoms with E-state index in [9.17, 15) is 4.79 Å². The van der Waals surface area contributed by atoms with Crippen LogP contribution in [0.15, 0.2) is 61.4 Å². The lowest BCUT2D eigenvalue weighted by Gasteiger charge is -2.22. The van der Waals surface area contributed by atoms with E-state index in [0.717, 1.165) is 54.9 Å². The molecule has 2 fully saturated rings. The Labute approximate surface area is 166 Å². The van der Waals surface area contributed by atoms with Crippen LogP contribution in [0.2, 0.25) is 0 Å². The third-order valence-corrected chi connectivity index (χ3v) is 5.84. The molecule has 2 aliphatic rings. The summed E-state index contributed by atoms with van der Waals surface area (Å²) in [5.41, 5.74) is 9.58. The lowest BCUT2D eigenvalue weighted by atomic mass is 10.1. The number of piperidine rings is 1. The molecule has 28 heavy (non-hydrogen) atoms. The number of hydrogen-bond donors (Lipinski definition) is 2. The average molecular weight is 374 g/mol. The van der Waals surface area contributed by atoms with Crippen LogP contribution >= 0.6 is 0 Å². The van der Waals surface area contributed by atoms with Gasteiger partial charge in [-0.3, -0.25) is 9.78 Å². The van der Waals surface area contributed by atoms with Gasteiger partial charge in [0, 0.05) is 49.5 Å². The molecule has 5 nitrogen and oxygen atoms in total. The number of amides is 1. The van der Waals surface area contributed by atoms with E-state index in [2.05, 4.69) is 33.9 Å². The highest BCUT2D eigenvalue weighted by Crippen LogP contribution is 2.54. The quantitative estimate of drug-likeness (QED) is 0.731. The molecule has 1 aliphatic heterocycles. The van der Waals surface area contributed by atoms with Gasteiger partial charge in [-0.15, -0.1) is 0 Å². The van der Waals surface area contributed by atoms with Crippen molar-refractivity contribution in [3.63, 3.8) is 0 Å². The van der Waals surface area contributed by atoms with Gasteiger partial charge in [0.1, 0.15) is 0 Å². The first-order valence-electron chi connectivity index (χ1n) is 9.77. The van der Waals surface area contributed by atoms with Crippen LogP contribution in [0.25, 0.3) is 11.8 Å². The minimum atomic E-state index is -0.0462. The maximum Gasteiger partial charge on any atom is 0.244 e. The summed E-state index contributed by atoms with van der Waals surface area (Å²) in [4.78, 5) is 18.4. The van der Waals surface area contributed by atoms with Crippen molar-refractivity contribution >= 4 is 23.4 Å². The van der Waals surface area contributed by atoms with Gasteiger partial charge >= 0.3 is 0 Å². The first-order chi connectivity index (χ1) is 13.6. The fourth-order valence-corrected chi connectivity index (χ4v) is 4.26. The van der Waals surface area contributed by atoms with Gasteiger partial charge in [0.2, 0.25) is 5.91 Å². The Bertz CT molecular complexity index is 880. The molecule has 0 radical (unpaired) electrons. The largest absolute Gasteiger partial charge is 0.399 e. The second-order valence-corrected chi connectivity index (χ2v) is 7.67. The second kappa shape index (κ2) is 7.89. The molecular formula is C23H26N4O. The van der Waals surface area contributed by atoms with Gasteiger partial charge in [-0.25, -0.2) is 0 Å². The molecule has 1 aliphatic carbocycles. The predicted octanol–water partition coefficient (Wildman–Crippen LogP) is 2.91. The van der Waals surface area contributed by atoms with Gasteiger partial charge in [0.25, 0.3) is 0 Å². The number of nitrogens with zero attached hydrogens (tertiary/aromatic N) is 2. The van der Waals surface area contributed by atoms with E-state index in [1.54, 1.807) is 24.5 Å². The normalized spacial score (nSPS) is 22.9. The standard InChI is InChI=1S/C23H26N4O/c1-16(24)18-5-2-6-19(12-18)27-14-21-20(22(21)15-27)9-11-26-23(28)8-7-17-4-3-10-25-13-17/h2-8,10,12-13,20-22H,1,9,11,14-15,24H2,(H,26,28)/b8-7+/t20?,21-,22+. The molecule has 1 saturated heterocycles. The number of fused-ring (bicyclic) bond motifs is 1. The molecule has 5 heteroatoms. The van der Waals surface area contributed by atoms with Crippen molar-refractivity contribution in [1.82, 2.24) is 10.3 Å². The van der Waals surface area contributed by atoms with Crippen LogP contribution in [0.1, 0.15) is 17.5 Å². The summed E-state index contributed by atoms with van der Waals surface area (Å²) in [5, 5.41) is 2.99. The van der Waals surface area contributed by atoms with E-state index in [4.69, 9.17) is 5.73 Å². The van der Waals surface area contributed by atoms with Gasteiger partial charge in [-0.2, -0.15) is 0 Å². The molecule has 0 spiro atoms. The fraction of sp³-hybridized carbons (Fsp3) is 0.304. The third kappa shape index (κ3) is 4.09. The highest BCUT2D eigenvalue weighted by molar-refractivity contribution is 5.91. The number of anilines is 1. The number of carbonyl (C=O) groups is 1. The summed E-state index contributed by atoms with van der Waals surface area (Å²) >= 11 is 0. The van der Waals surface area contributed by atoms with Crippen molar-refractivity contribution in [2.24, 2.45) is 23.5 Å². The van der Waals surface area contributed by atoms with E-state index in [-0.39, 0.29) is 5.91 Å². The number of nitrogens with one attached hydrogen (secondary N) is 1. The van der Waals surface area contributed by atoms with Crippen LogP contribution in [0.4, 0.5) is 5.69 Å². The molecule has 3 atom stereocenters. The zero-order valence-corrected chi connectivity index (χ0v) is 15.9. The zero-order valence-electron chi connectivity index (χ0n) is 15.9. The van der Waals surface area contributed by atoms with E-state index in [0.29, 0.717) is 5.70 Å². The van der Waals surface area contributed by atoms with Gasteiger partial charge in [-0.1, -0.05) is 24.8 Å². The second-order valence-electron chi connectivity index (χ2n) is 7.67. The molecule has 3 N–H and O–H groups in total. The predicted molar refractivity (Wildman–Crippen MR) is 113 cm³/mol. The molecule has 2 heterocycles. The molecule has 1 aromatic heterocycles. The fourth-order valence-electron chi connectivity index (χ4n) is 4.26. The molecule has 144 valence electrons. The van der Waals surface area contributed by atoms with E-state index >= 15 is 0 Å². The maximum atomic E-state index is 11.9. The summed E-state index contributed by atoms with van der Waals surface area (Å²) in [7, 11) is 0. The van der Waals surface area contributed by atoms with E-state index in [1.807, 2.05) is 24.3 Å². The molecule has 1 aromatic carbocycles. The number of rotatable bonds is 7. The number of carbonyl (C=O) groups excluding carboxylic acids is 1. The molecule has 2 aromatic rings. The van der Waals surface area contributed by atoms with Crippen LogP contribution in [-0.2, 0) is 4.79 Å². The number of aromatic nitrogens is 1. The van der Waals surface area contributed by atoms with Crippen molar-refractivity contribution < 1.29 is 4.79 Å². The smallest absolute Gasteiger partial charge is 0.244 e. The Morgan fingerprint density at radius 2 is 2.11 bits per heavy atom. The number of hydrogen-bond acceptors (Lipinski definition) is 4. The summed E-state index contributed by atoms with van der Waals surface area (Å²) in [6.45, 7) is 6.73. The molecule has 1 amide bonds. The SMILES string of the molecule is C=C(N)c1cccc(N2C[C@@H]3C(CCNC(=O)/C=C/c4cccnc4)[C@@H]3C2)c1. The van der Waals surface area contributed by atoms with Crippen molar-refractivity contribution in [3.8, 4) is 0 Å². The Balaban J connectivity index is 1.20. The first kappa shape index (κ1) is 18.3. The van der Waals surface area contributed by atoms with Crippen LogP contribution in [-0.4, -0.2) is 30.5 Å². The van der Waals surface area contributed by atoms with E-state index in [1.165, 1.54) is 5.69 Å². The lowest BCUT2D eigenvalue weighted by molar-refractivity contribution is -0.116. The molecule has 0 bridgehead atoms. The Morgan fingerprint density at radius 3 is 2.82 bits per heavy atom. The monoisotopic (exact) mass is 374 g/mol. The summed E-state index contributed by atoms with van der Waals surface area (Å²) in [5.74, 6) is 2.17. The van der Waals surface area contributed by atoms with Crippen LogP contribution in [0.3, 0.4) is 0 Å². The van der Waals surface area contributed by atoms with Crippen molar-refractivity contribution in [2.45, 2.75) is 6.42 Å². The Kier molecular flexibility index (Phi) is 5.15. The van der Waals surface area contributed by atoms with Gasteiger partial charge in [-0.05, 0) is 59.6 Å². The van der Waals surface area contributed by atoms with Crippen molar-refractivity contribution in [3.05, 3.63) is 72.6 Å². The summed E-state index contributed by atoms with van der Waals surface area (Å²) < 4.78 is 0. The minimum Gasteiger partial charge on any atom is -0.399 e. The third-order valence-electron chi connectivity index (χ3n) is 5.84. The Hall–Kier alpha value is -3.08. The molecule has 1 saturated carbocycles. The summed E-state index contributed by atoms with van der Waals surface area (Å²) in [6, 6.07) is 12.1. The first-order valence-corrected chi connectivity index (χ1v) is 9.77. The van der Waals surface area contributed by atoms with Gasteiger partial charge < -0.3 is 16.0 Å². The average Bonchev–Trinajstić information content (AvgIpc) is 3.16. The lowest BCUT2D eigenvalue weighted by Crippen LogP contribution is -2.26. The van der Waals surface area contributed by atoms with Crippen molar-refractivity contribution in [2.75, 3.05) is 24.5 Å². The topological polar surface area (TPSA) is 71.2 Å². The van der Waals surface area contributed by atoms with Crippen LogP contribution in [0, 0.1) is 17.8 Å². The maximum absolute atomic E-state index is 11.9. The van der Waals surface area contributed by atoms with Gasteiger partial charge in [0.05, 0.1) is 0 Å². The number of nitrogens with two attached hydrogens (primary N) is 1. The zero-order chi connectivity index (χ0) is 19.5. The summed E-state index contributed by atoms with van der Waals surface area (Å²) in [6.07, 6.45) is 7.87. The van der Waals surface area contributed by atoms with Crippen LogP contribution in [0.5, 0.6) is 0 Å². The van der Waals surface area contributed by atoms with E-state index < -0.39 is 0 Å². The minimum absolute atomic E-state index is 0.0462. The number of pyridine rings is 1.